The molecule has 3 aromatic rings. The van der Waals surface area contributed by atoms with Crippen molar-refractivity contribution in [3.8, 4) is 0 Å². The molecule has 1 fully saturated rings. The summed E-state index contributed by atoms with van der Waals surface area (Å²) >= 11 is 0. The maximum atomic E-state index is 4.87. The van der Waals surface area contributed by atoms with Crippen molar-refractivity contribution in [2.45, 2.75) is 60.4 Å². The number of imidazole rings is 1. The summed E-state index contributed by atoms with van der Waals surface area (Å²) in [6.45, 7) is 15.4. The lowest BCUT2D eigenvalue weighted by Crippen LogP contribution is -2.35. The minimum Gasteiger partial charge on any atom is -0.308 e. The molecule has 0 spiro atoms. The van der Waals surface area contributed by atoms with E-state index in [0.29, 0.717) is 0 Å². The summed E-state index contributed by atoms with van der Waals surface area (Å²) in [4.78, 5) is 12.3. The number of nitrogens with zero attached hydrogens (tertiary/aromatic N) is 4. The van der Waals surface area contributed by atoms with E-state index in [1.165, 1.54) is 42.6 Å². The second-order valence-corrected chi connectivity index (χ2v) is 9.75. The highest BCUT2D eigenvalue weighted by Crippen LogP contribution is 2.24. The van der Waals surface area contributed by atoms with E-state index in [0.717, 1.165) is 54.0 Å². The topological polar surface area (TPSA) is 34.0 Å². The quantitative estimate of drug-likeness (QED) is 0.458. The molecule has 3 heterocycles. The molecule has 2 aromatic heterocycles. The molecule has 0 saturated carbocycles. The zero-order valence-electron chi connectivity index (χ0n) is 20.4. The highest BCUT2D eigenvalue weighted by molar-refractivity contribution is 5.76. The van der Waals surface area contributed by atoms with Gasteiger partial charge in [-0.1, -0.05) is 57.2 Å². The number of hydrogen-bond acceptors (Lipinski definition) is 3. The number of likely N-dealkylation sites (tertiary alicyclic amines) is 1. The van der Waals surface area contributed by atoms with Crippen molar-refractivity contribution < 1.29 is 0 Å². The summed E-state index contributed by atoms with van der Waals surface area (Å²) in [5, 5.41) is 0. The van der Waals surface area contributed by atoms with E-state index in [4.69, 9.17) is 9.97 Å². The highest BCUT2D eigenvalue weighted by atomic mass is 15.1. The number of aromatic nitrogens is 3. The first-order chi connectivity index (χ1) is 15.4. The van der Waals surface area contributed by atoms with Gasteiger partial charge in [-0.25, -0.2) is 9.97 Å². The van der Waals surface area contributed by atoms with Crippen LogP contribution in [0.4, 0.5) is 0 Å². The molecule has 1 saturated heterocycles. The number of fused-ring (bicyclic) bond motifs is 1. The van der Waals surface area contributed by atoms with E-state index in [1.54, 1.807) is 0 Å². The molecule has 4 nitrogen and oxygen atoms in total. The van der Waals surface area contributed by atoms with Gasteiger partial charge in [-0.15, -0.1) is 0 Å². The van der Waals surface area contributed by atoms with Crippen LogP contribution in [0, 0.1) is 25.7 Å². The third-order valence-electron chi connectivity index (χ3n) is 6.99. The van der Waals surface area contributed by atoms with Crippen molar-refractivity contribution >= 4 is 17.2 Å². The van der Waals surface area contributed by atoms with E-state index in [2.05, 4.69) is 86.6 Å². The van der Waals surface area contributed by atoms with E-state index < -0.39 is 0 Å². The van der Waals surface area contributed by atoms with Gasteiger partial charge < -0.3 is 4.57 Å². The van der Waals surface area contributed by atoms with Crippen LogP contribution >= 0.6 is 0 Å². The standard InChI is InChI=1S/C28H38N4/c1-6-26-30-27-21(4)18-22(5)29-28(27)32(26)19-24-11-9-23(10-12-24)8-7-15-31-16-13-25(14-17-31)20(2)3/h7-12,18,20,25H,6,13-17,19H2,1-5H3/b8-7+. The summed E-state index contributed by atoms with van der Waals surface area (Å²) < 4.78 is 2.28. The summed E-state index contributed by atoms with van der Waals surface area (Å²) in [5.74, 6) is 2.84. The molecule has 4 rings (SSSR count). The first kappa shape index (κ1) is 22.7. The molecule has 0 amide bonds. The Hall–Kier alpha value is -2.46. The summed E-state index contributed by atoms with van der Waals surface area (Å²) in [6, 6.07) is 11.0. The van der Waals surface area contributed by atoms with Gasteiger partial charge >= 0.3 is 0 Å². The van der Waals surface area contributed by atoms with Gasteiger partial charge in [0.1, 0.15) is 11.3 Å². The highest BCUT2D eigenvalue weighted by Gasteiger charge is 2.20. The van der Waals surface area contributed by atoms with Crippen LogP contribution in [0.2, 0.25) is 0 Å². The molecule has 32 heavy (non-hydrogen) atoms. The maximum Gasteiger partial charge on any atom is 0.160 e. The molecule has 0 bridgehead atoms. The van der Waals surface area contributed by atoms with Crippen molar-refractivity contribution in [2.75, 3.05) is 19.6 Å². The fourth-order valence-corrected chi connectivity index (χ4v) is 4.94. The van der Waals surface area contributed by atoms with Crippen molar-refractivity contribution in [2.24, 2.45) is 11.8 Å². The van der Waals surface area contributed by atoms with Crippen LogP contribution in [0.5, 0.6) is 0 Å². The number of pyridine rings is 1. The first-order valence-electron chi connectivity index (χ1n) is 12.3. The minimum atomic E-state index is 0.810. The lowest BCUT2D eigenvalue weighted by atomic mass is 9.87. The van der Waals surface area contributed by atoms with Gasteiger partial charge in [-0.2, -0.15) is 0 Å². The van der Waals surface area contributed by atoms with Crippen LogP contribution < -0.4 is 0 Å². The number of hydrogen-bond donors (Lipinski definition) is 0. The van der Waals surface area contributed by atoms with Gasteiger partial charge in [-0.05, 0) is 74.4 Å². The average molecular weight is 431 g/mol. The van der Waals surface area contributed by atoms with Crippen molar-refractivity contribution in [3.63, 3.8) is 0 Å². The lowest BCUT2D eigenvalue weighted by molar-refractivity contribution is 0.171. The minimum absolute atomic E-state index is 0.810. The fourth-order valence-electron chi connectivity index (χ4n) is 4.94. The number of piperidine rings is 1. The van der Waals surface area contributed by atoms with Gasteiger partial charge in [0, 0.05) is 18.7 Å². The normalized spacial score (nSPS) is 16.1. The van der Waals surface area contributed by atoms with Crippen molar-refractivity contribution in [1.82, 2.24) is 19.4 Å². The molecule has 1 aliphatic rings. The Bertz CT molecular complexity index is 1070. The molecular weight excluding hydrogens is 392 g/mol. The third kappa shape index (κ3) is 5.12. The Balaban J connectivity index is 1.40. The molecule has 0 radical (unpaired) electrons. The molecule has 0 aliphatic carbocycles. The van der Waals surface area contributed by atoms with Crippen molar-refractivity contribution in [3.05, 3.63) is 64.6 Å². The molecule has 170 valence electrons. The smallest absolute Gasteiger partial charge is 0.160 e. The van der Waals surface area contributed by atoms with Crippen LogP contribution in [0.25, 0.3) is 17.2 Å². The fraction of sp³-hybridized carbons (Fsp3) is 0.500. The van der Waals surface area contributed by atoms with Gasteiger partial charge in [0.25, 0.3) is 0 Å². The summed E-state index contributed by atoms with van der Waals surface area (Å²) in [5.41, 5.74) is 6.84. The molecular formula is C28H38N4. The molecule has 0 atom stereocenters. The predicted octanol–water partition coefficient (Wildman–Crippen LogP) is 6.04. The third-order valence-corrected chi connectivity index (χ3v) is 6.99. The Kier molecular flexibility index (Phi) is 7.10. The van der Waals surface area contributed by atoms with Crippen LogP contribution in [0.15, 0.2) is 36.4 Å². The van der Waals surface area contributed by atoms with E-state index in [9.17, 15) is 0 Å². The monoisotopic (exact) mass is 430 g/mol. The van der Waals surface area contributed by atoms with Crippen molar-refractivity contribution in [1.29, 1.82) is 0 Å². The number of aryl methyl sites for hydroxylation is 3. The second kappa shape index (κ2) is 9.99. The Morgan fingerprint density at radius 2 is 1.78 bits per heavy atom. The molecule has 4 heteroatoms. The van der Waals surface area contributed by atoms with Gasteiger partial charge in [0.2, 0.25) is 0 Å². The van der Waals surface area contributed by atoms with Gasteiger partial charge in [0.15, 0.2) is 5.65 Å². The molecule has 1 aliphatic heterocycles. The van der Waals surface area contributed by atoms with Gasteiger partial charge in [-0.3, -0.25) is 4.90 Å². The van der Waals surface area contributed by atoms with E-state index in [1.807, 2.05) is 0 Å². The van der Waals surface area contributed by atoms with Crippen LogP contribution in [0.3, 0.4) is 0 Å². The Morgan fingerprint density at radius 1 is 1.06 bits per heavy atom. The van der Waals surface area contributed by atoms with Crippen LogP contribution in [-0.4, -0.2) is 39.1 Å². The van der Waals surface area contributed by atoms with E-state index in [-0.39, 0.29) is 0 Å². The Labute approximate surface area is 193 Å². The zero-order chi connectivity index (χ0) is 22.7. The first-order valence-corrected chi connectivity index (χ1v) is 12.3. The van der Waals surface area contributed by atoms with Crippen LogP contribution in [-0.2, 0) is 13.0 Å². The largest absolute Gasteiger partial charge is 0.308 e. The molecule has 0 unspecified atom stereocenters. The number of benzene rings is 1. The Morgan fingerprint density at radius 3 is 2.44 bits per heavy atom. The predicted molar refractivity (Wildman–Crippen MR) is 135 cm³/mol. The zero-order valence-corrected chi connectivity index (χ0v) is 20.4. The van der Waals surface area contributed by atoms with Gasteiger partial charge in [0.05, 0.1) is 6.54 Å². The second-order valence-electron chi connectivity index (χ2n) is 9.75. The lowest BCUT2D eigenvalue weighted by Gasteiger charge is -2.33. The summed E-state index contributed by atoms with van der Waals surface area (Å²) in [7, 11) is 0. The summed E-state index contributed by atoms with van der Waals surface area (Å²) in [6.07, 6.45) is 8.17. The molecule has 0 N–H and O–H groups in total. The number of rotatable bonds is 7. The van der Waals surface area contributed by atoms with E-state index >= 15 is 0 Å². The SMILES string of the molecule is CCc1nc2c(C)cc(C)nc2n1Cc1ccc(/C=C/CN2CCC(C(C)C)CC2)cc1. The maximum absolute atomic E-state index is 4.87. The van der Waals surface area contributed by atoms with Crippen LogP contribution in [0.1, 0.15) is 61.8 Å². The average Bonchev–Trinajstić information content (AvgIpc) is 3.13. The molecule has 1 aromatic carbocycles.